The van der Waals surface area contributed by atoms with Gasteiger partial charge in [0.05, 0.1) is 10.5 Å². The summed E-state index contributed by atoms with van der Waals surface area (Å²) in [5, 5.41) is -0.620. The predicted octanol–water partition coefficient (Wildman–Crippen LogP) is 2.72. The van der Waals surface area contributed by atoms with Gasteiger partial charge in [-0.2, -0.15) is 0 Å². The first-order valence-electron chi connectivity index (χ1n) is 8.72. The fraction of sp³-hybridized carbons (Fsp3) is 0.611. The number of carbonyl (C=O) groups excluding carboxylic acids is 1. The van der Waals surface area contributed by atoms with Crippen LogP contribution in [0.4, 0.5) is 4.39 Å². The van der Waals surface area contributed by atoms with Crippen LogP contribution in [0, 0.1) is 5.82 Å². The highest BCUT2D eigenvalue weighted by molar-refractivity contribution is 7.92. The van der Waals surface area contributed by atoms with Crippen LogP contribution in [0.25, 0.3) is 0 Å². The summed E-state index contributed by atoms with van der Waals surface area (Å²) in [7, 11) is -3.12. The van der Waals surface area contributed by atoms with Crippen molar-refractivity contribution in [1.82, 2.24) is 4.90 Å². The number of rotatable bonds is 5. The van der Waals surface area contributed by atoms with Crippen LogP contribution in [0.3, 0.4) is 0 Å². The van der Waals surface area contributed by atoms with Crippen LogP contribution in [-0.4, -0.2) is 42.8 Å². The number of sulfone groups is 1. The van der Waals surface area contributed by atoms with Crippen LogP contribution >= 0.6 is 0 Å². The molecule has 0 bridgehead atoms. The molecule has 0 atom stereocenters. The van der Waals surface area contributed by atoms with Gasteiger partial charge in [0.25, 0.3) is 0 Å². The van der Waals surface area contributed by atoms with Gasteiger partial charge >= 0.3 is 0 Å². The average molecular weight is 353 g/mol. The quantitative estimate of drug-likeness (QED) is 0.818. The van der Waals surface area contributed by atoms with Gasteiger partial charge in [0.2, 0.25) is 5.91 Å². The summed E-state index contributed by atoms with van der Waals surface area (Å²) in [4.78, 5) is 13.8. The maximum absolute atomic E-state index is 13.6. The highest BCUT2D eigenvalue weighted by Crippen LogP contribution is 2.30. The smallest absolute Gasteiger partial charge is 0.222 e. The lowest BCUT2D eigenvalue weighted by atomic mass is 10.0. The lowest BCUT2D eigenvalue weighted by Crippen LogP contribution is -2.58. The summed E-state index contributed by atoms with van der Waals surface area (Å²) in [5.41, 5.74) is 0.526. The Morgan fingerprint density at radius 2 is 1.75 bits per heavy atom. The monoisotopic (exact) mass is 353 g/mol. The molecule has 6 heteroatoms. The van der Waals surface area contributed by atoms with E-state index in [4.69, 9.17) is 0 Å². The van der Waals surface area contributed by atoms with Gasteiger partial charge in [-0.3, -0.25) is 4.79 Å². The van der Waals surface area contributed by atoms with Gasteiger partial charge in [0, 0.05) is 19.5 Å². The van der Waals surface area contributed by atoms with Crippen LogP contribution in [0.15, 0.2) is 24.3 Å². The summed E-state index contributed by atoms with van der Waals surface area (Å²) in [5.74, 6) is -0.389. The zero-order valence-electron chi connectivity index (χ0n) is 13.8. The molecule has 2 fully saturated rings. The van der Waals surface area contributed by atoms with E-state index >= 15 is 0 Å². The summed E-state index contributed by atoms with van der Waals surface area (Å²) < 4.78 is 38.7. The largest absolute Gasteiger partial charge is 0.340 e. The molecule has 4 nitrogen and oxygen atoms in total. The average Bonchev–Trinajstić information content (AvgIpc) is 2.53. The summed E-state index contributed by atoms with van der Waals surface area (Å²) in [6.07, 6.45) is 5.19. The van der Waals surface area contributed by atoms with E-state index in [9.17, 15) is 17.6 Å². The third-order valence-corrected chi connectivity index (χ3v) is 7.88. The van der Waals surface area contributed by atoms with Crippen LogP contribution in [-0.2, 0) is 21.1 Å². The highest BCUT2D eigenvalue weighted by Gasteiger charge is 2.43. The first-order valence-corrected chi connectivity index (χ1v) is 10.3. The molecule has 1 amide bonds. The van der Waals surface area contributed by atoms with E-state index in [-0.39, 0.29) is 23.4 Å². The van der Waals surface area contributed by atoms with E-state index in [2.05, 4.69) is 0 Å². The van der Waals surface area contributed by atoms with Gasteiger partial charge < -0.3 is 4.90 Å². The second-order valence-electron chi connectivity index (χ2n) is 6.86. The number of amides is 1. The van der Waals surface area contributed by atoms with E-state index in [0.29, 0.717) is 25.1 Å². The van der Waals surface area contributed by atoms with Gasteiger partial charge in [0.15, 0.2) is 9.84 Å². The summed E-state index contributed by atoms with van der Waals surface area (Å²) in [6, 6.07) is 6.43. The molecule has 2 aliphatic rings. The number of halogens is 1. The van der Waals surface area contributed by atoms with Gasteiger partial charge in [-0.05, 0) is 30.9 Å². The molecule has 0 unspecified atom stereocenters. The Kier molecular flexibility index (Phi) is 5.23. The Bertz CT molecular complexity index is 692. The molecule has 1 aromatic rings. The Labute approximate surface area is 143 Å². The van der Waals surface area contributed by atoms with Crippen molar-refractivity contribution in [3.8, 4) is 0 Å². The fourth-order valence-corrected chi connectivity index (χ4v) is 5.93. The fourth-order valence-electron chi connectivity index (χ4n) is 3.62. The molecule has 1 heterocycles. The highest BCUT2D eigenvalue weighted by atomic mass is 32.2. The first kappa shape index (κ1) is 17.4. The third-order valence-electron chi connectivity index (χ3n) is 5.25. The molecule has 0 aromatic heterocycles. The van der Waals surface area contributed by atoms with Gasteiger partial charge in [-0.15, -0.1) is 0 Å². The van der Waals surface area contributed by atoms with Crippen molar-refractivity contribution in [2.75, 3.05) is 13.1 Å². The molecule has 1 aliphatic carbocycles. The molecule has 0 N–H and O–H groups in total. The maximum atomic E-state index is 13.6. The van der Waals surface area contributed by atoms with E-state index in [0.717, 1.165) is 32.1 Å². The molecule has 24 heavy (non-hydrogen) atoms. The minimum absolute atomic E-state index is 0.0895. The van der Waals surface area contributed by atoms with Crippen molar-refractivity contribution in [3.05, 3.63) is 35.6 Å². The minimum atomic E-state index is -3.12. The van der Waals surface area contributed by atoms with E-state index in [1.807, 2.05) is 0 Å². The van der Waals surface area contributed by atoms with Crippen LogP contribution < -0.4 is 0 Å². The van der Waals surface area contributed by atoms with Crippen LogP contribution in [0.2, 0.25) is 0 Å². The second kappa shape index (κ2) is 7.21. The Balaban J connectivity index is 1.49. The van der Waals surface area contributed by atoms with Crippen molar-refractivity contribution in [2.45, 2.75) is 55.4 Å². The predicted molar refractivity (Wildman–Crippen MR) is 90.9 cm³/mol. The lowest BCUT2D eigenvalue weighted by molar-refractivity contribution is -0.134. The Hall–Kier alpha value is -1.43. The van der Waals surface area contributed by atoms with Crippen molar-refractivity contribution in [1.29, 1.82) is 0 Å². The number of carbonyl (C=O) groups is 1. The van der Waals surface area contributed by atoms with Crippen LogP contribution in [0.5, 0.6) is 0 Å². The van der Waals surface area contributed by atoms with Gasteiger partial charge in [-0.1, -0.05) is 37.5 Å². The molecule has 1 aromatic carbocycles. The van der Waals surface area contributed by atoms with Crippen molar-refractivity contribution < 1.29 is 17.6 Å². The molecule has 1 saturated heterocycles. The van der Waals surface area contributed by atoms with E-state index in [1.54, 1.807) is 23.1 Å². The van der Waals surface area contributed by atoms with Crippen molar-refractivity contribution >= 4 is 15.7 Å². The molecule has 1 saturated carbocycles. The Morgan fingerprint density at radius 3 is 2.42 bits per heavy atom. The molecule has 1 aliphatic heterocycles. The minimum Gasteiger partial charge on any atom is -0.340 e. The SMILES string of the molecule is O=C(CCc1ccccc1F)N1CC(S(=O)(=O)C2CCCCC2)C1. The molecule has 0 radical (unpaired) electrons. The zero-order chi connectivity index (χ0) is 17.2. The standard InChI is InChI=1S/C18H24FNO3S/c19-17-9-5-4-6-14(17)10-11-18(21)20-12-16(13-20)24(22,23)15-7-2-1-3-8-15/h4-6,9,15-16H,1-3,7-8,10-13H2. The Morgan fingerprint density at radius 1 is 1.08 bits per heavy atom. The van der Waals surface area contributed by atoms with Gasteiger partial charge in [0.1, 0.15) is 5.82 Å². The number of hydrogen-bond donors (Lipinski definition) is 0. The lowest BCUT2D eigenvalue weighted by Gasteiger charge is -2.41. The number of aryl methyl sites for hydroxylation is 1. The van der Waals surface area contributed by atoms with E-state index in [1.165, 1.54) is 6.07 Å². The van der Waals surface area contributed by atoms with Crippen LogP contribution in [0.1, 0.15) is 44.1 Å². The summed E-state index contributed by atoms with van der Waals surface area (Å²) in [6.45, 7) is 0.601. The molecular weight excluding hydrogens is 329 g/mol. The molecule has 3 rings (SSSR count). The topological polar surface area (TPSA) is 54.5 Å². The third kappa shape index (κ3) is 3.63. The molecule has 0 spiro atoms. The van der Waals surface area contributed by atoms with Crippen molar-refractivity contribution in [3.63, 3.8) is 0 Å². The first-order chi connectivity index (χ1) is 11.5. The molecular formula is C18H24FNO3S. The van der Waals surface area contributed by atoms with Crippen molar-refractivity contribution in [2.24, 2.45) is 0 Å². The zero-order valence-corrected chi connectivity index (χ0v) is 14.6. The normalized spacial score (nSPS) is 20.0. The van der Waals surface area contributed by atoms with E-state index < -0.39 is 15.1 Å². The number of benzene rings is 1. The maximum Gasteiger partial charge on any atom is 0.222 e. The number of likely N-dealkylation sites (tertiary alicyclic amines) is 1. The number of hydrogen-bond acceptors (Lipinski definition) is 3. The van der Waals surface area contributed by atoms with Gasteiger partial charge in [-0.25, -0.2) is 12.8 Å². The number of nitrogens with zero attached hydrogens (tertiary/aromatic N) is 1. The summed E-state index contributed by atoms with van der Waals surface area (Å²) >= 11 is 0. The second-order valence-corrected chi connectivity index (χ2v) is 9.37. The molecule has 132 valence electrons.